The maximum atomic E-state index is 12.1. The fraction of sp³-hybridized carbons (Fsp3) is 0.571. The van der Waals surface area contributed by atoms with Gasteiger partial charge in [-0.25, -0.2) is 13.1 Å². The lowest BCUT2D eigenvalue weighted by Gasteiger charge is -2.10. The van der Waals surface area contributed by atoms with E-state index in [2.05, 4.69) is 4.72 Å². The zero-order valence-corrected chi connectivity index (χ0v) is 14.4. The van der Waals surface area contributed by atoms with Crippen LogP contribution in [0.3, 0.4) is 0 Å². The van der Waals surface area contributed by atoms with E-state index < -0.39 is 10.0 Å². The summed E-state index contributed by atoms with van der Waals surface area (Å²) in [5, 5.41) is 0.535. The second-order valence-corrected chi connectivity index (χ2v) is 7.62. The molecule has 1 aromatic carbocycles. The van der Waals surface area contributed by atoms with E-state index in [1.807, 2.05) is 0 Å². The van der Waals surface area contributed by atoms with E-state index in [4.69, 9.17) is 32.7 Å². The zero-order valence-electron chi connectivity index (χ0n) is 12.1. The van der Waals surface area contributed by atoms with Crippen LogP contribution in [0.5, 0.6) is 0 Å². The third-order valence-electron chi connectivity index (χ3n) is 3.29. The van der Waals surface area contributed by atoms with Gasteiger partial charge in [-0.15, -0.1) is 0 Å². The van der Waals surface area contributed by atoms with Crippen molar-refractivity contribution in [2.45, 2.75) is 30.3 Å². The molecule has 8 heteroatoms. The molecule has 0 amide bonds. The second-order valence-electron chi connectivity index (χ2n) is 5.04. The number of rotatable bonds is 8. The lowest BCUT2D eigenvalue weighted by Crippen LogP contribution is -2.26. The number of hydrogen-bond acceptors (Lipinski definition) is 4. The third kappa shape index (κ3) is 5.37. The predicted octanol–water partition coefficient (Wildman–Crippen LogP) is 2.86. The van der Waals surface area contributed by atoms with E-state index in [0.717, 1.165) is 19.4 Å². The van der Waals surface area contributed by atoms with Gasteiger partial charge in [-0.2, -0.15) is 0 Å². The van der Waals surface area contributed by atoms with Gasteiger partial charge >= 0.3 is 0 Å². The Morgan fingerprint density at radius 3 is 2.82 bits per heavy atom. The summed E-state index contributed by atoms with van der Waals surface area (Å²) in [4.78, 5) is 0.0992. The molecule has 22 heavy (non-hydrogen) atoms. The molecule has 0 aliphatic carbocycles. The molecule has 1 atom stereocenters. The summed E-state index contributed by atoms with van der Waals surface area (Å²) in [6.07, 6.45) is 2.89. The van der Waals surface area contributed by atoms with E-state index in [1.165, 1.54) is 18.2 Å². The first-order valence-corrected chi connectivity index (χ1v) is 9.37. The number of hydrogen-bond donors (Lipinski definition) is 1. The van der Waals surface area contributed by atoms with Gasteiger partial charge in [-0.1, -0.05) is 23.2 Å². The Labute approximate surface area is 140 Å². The SMILES string of the molecule is O=S(=O)(NCCCOCC1CCCO1)c1ccc(Cl)c(Cl)c1. The van der Waals surface area contributed by atoms with Crippen molar-refractivity contribution < 1.29 is 17.9 Å². The smallest absolute Gasteiger partial charge is 0.240 e. The predicted molar refractivity (Wildman–Crippen MR) is 86.1 cm³/mol. The quantitative estimate of drug-likeness (QED) is 0.717. The zero-order chi connectivity index (χ0) is 16.0. The largest absolute Gasteiger partial charge is 0.379 e. The summed E-state index contributed by atoms with van der Waals surface area (Å²) in [5.74, 6) is 0. The maximum absolute atomic E-state index is 12.1. The third-order valence-corrected chi connectivity index (χ3v) is 5.48. The van der Waals surface area contributed by atoms with Crippen molar-refractivity contribution in [2.75, 3.05) is 26.4 Å². The van der Waals surface area contributed by atoms with Crippen LogP contribution in [0.25, 0.3) is 0 Å². The highest BCUT2D eigenvalue weighted by atomic mass is 35.5. The highest BCUT2D eigenvalue weighted by Crippen LogP contribution is 2.24. The monoisotopic (exact) mass is 367 g/mol. The first kappa shape index (κ1) is 18.0. The summed E-state index contributed by atoms with van der Waals surface area (Å²) in [5.41, 5.74) is 0. The molecule has 1 N–H and O–H groups in total. The summed E-state index contributed by atoms with van der Waals surface area (Å²) < 4.78 is 37.5. The summed E-state index contributed by atoms with van der Waals surface area (Å²) in [6.45, 7) is 2.16. The molecule has 0 saturated carbocycles. The van der Waals surface area contributed by atoms with Crippen LogP contribution in [0.4, 0.5) is 0 Å². The Morgan fingerprint density at radius 2 is 2.14 bits per heavy atom. The van der Waals surface area contributed by atoms with Gasteiger partial charge in [-0.05, 0) is 37.5 Å². The Kier molecular flexibility index (Phi) is 6.92. The van der Waals surface area contributed by atoms with Crippen molar-refractivity contribution in [1.29, 1.82) is 0 Å². The molecule has 0 bridgehead atoms. The minimum absolute atomic E-state index is 0.0992. The van der Waals surface area contributed by atoms with Crippen LogP contribution in [0.2, 0.25) is 10.0 Å². The molecule has 0 spiro atoms. The number of halogens is 2. The fourth-order valence-corrected chi connectivity index (χ4v) is 3.56. The van der Waals surface area contributed by atoms with Crippen molar-refractivity contribution in [1.82, 2.24) is 4.72 Å². The Balaban J connectivity index is 1.69. The lowest BCUT2D eigenvalue weighted by molar-refractivity contribution is 0.0169. The number of benzene rings is 1. The standard InChI is InChI=1S/C14H19Cl2NO4S/c15-13-5-4-12(9-14(13)16)22(18,19)17-6-2-7-20-10-11-3-1-8-21-11/h4-5,9,11,17H,1-3,6-8,10H2. The van der Waals surface area contributed by atoms with Crippen molar-refractivity contribution in [3.05, 3.63) is 28.2 Å². The average molecular weight is 368 g/mol. The maximum Gasteiger partial charge on any atom is 0.240 e. The fourth-order valence-electron chi connectivity index (χ4n) is 2.10. The molecule has 5 nitrogen and oxygen atoms in total. The topological polar surface area (TPSA) is 64.6 Å². The molecule has 1 unspecified atom stereocenters. The number of sulfonamides is 1. The van der Waals surface area contributed by atoms with Crippen molar-refractivity contribution >= 4 is 33.2 Å². The summed E-state index contributed by atoms with van der Waals surface area (Å²) in [6, 6.07) is 4.22. The van der Waals surface area contributed by atoms with E-state index >= 15 is 0 Å². The summed E-state index contributed by atoms with van der Waals surface area (Å²) in [7, 11) is -3.58. The van der Waals surface area contributed by atoms with Gasteiger partial charge in [0.1, 0.15) is 0 Å². The molecule has 1 saturated heterocycles. The van der Waals surface area contributed by atoms with Crippen molar-refractivity contribution in [3.63, 3.8) is 0 Å². The lowest BCUT2D eigenvalue weighted by atomic mass is 10.2. The minimum atomic E-state index is -3.58. The van der Waals surface area contributed by atoms with Crippen LogP contribution >= 0.6 is 23.2 Å². The van der Waals surface area contributed by atoms with Gasteiger partial charge in [0.05, 0.1) is 27.7 Å². The van der Waals surface area contributed by atoms with Crippen molar-refractivity contribution in [2.24, 2.45) is 0 Å². The van der Waals surface area contributed by atoms with Crippen LogP contribution in [0, 0.1) is 0 Å². The molecule has 124 valence electrons. The molecule has 0 aromatic heterocycles. The normalized spacial score (nSPS) is 18.7. The Bertz CT molecular complexity index is 589. The van der Waals surface area contributed by atoms with Gasteiger partial charge < -0.3 is 9.47 Å². The highest BCUT2D eigenvalue weighted by molar-refractivity contribution is 7.89. The first-order valence-electron chi connectivity index (χ1n) is 7.13. The van der Waals surface area contributed by atoms with Gasteiger partial charge in [0.25, 0.3) is 0 Å². The van der Waals surface area contributed by atoms with E-state index in [1.54, 1.807) is 0 Å². The molecule has 1 heterocycles. The molecule has 0 radical (unpaired) electrons. The van der Waals surface area contributed by atoms with E-state index in [0.29, 0.717) is 31.2 Å². The van der Waals surface area contributed by atoms with E-state index in [9.17, 15) is 8.42 Å². The van der Waals surface area contributed by atoms with Crippen LogP contribution in [-0.2, 0) is 19.5 Å². The van der Waals surface area contributed by atoms with Crippen LogP contribution in [0.15, 0.2) is 23.1 Å². The molecular formula is C14H19Cl2NO4S. The minimum Gasteiger partial charge on any atom is -0.379 e. The number of ether oxygens (including phenoxy) is 2. The van der Waals surface area contributed by atoms with E-state index in [-0.39, 0.29) is 16.0 Å². The molecular weight excluding hydrogens is 349 g/mol. The Hall–Kier alpha value is -0.370. The molecule has 1 fully saturated rings. The molecule has 1 aliphatic rings. The first-order chi connectivity index (χ1) is 10.5. The van der Waals surface area contributed by atoms with Gasteiger partial charge in [0, 0.05) is 19.8 Å². The van der Waals surface area contributed by atoms with Gasteiger partial charge in [0.2, 0.25) is 10.0 Å². The molecule has 1 aliphatic heterocycles. The van der Waals surface area contributed by atoms with Gasteiger partial charge in [0.15, 0.2) is 0 Å². The second kappa shape index (κ2) is 8.47. The van der Waals surface area contributed by atoms with Crippen LogP contribution in [-0.4, -0.2) is 40.9 Å². The molecule has 2 rings (SSSR count). The van der Waals surface area contributed by atoms with Crippen LogP contribution in [0.1, 0.15) is 19.3 Å². The molecule has 1 aromatic rings. The van der Waals surface area contributed by atoms with Crippen LogP contribution < -0.4 is 4.72 Å². The number of nitrogens with one attached hydrogen (secondary N) is 1. The van der Waals surface area contributed by atoms with Crippen molar-refractivity contribution in [3.8, 4) is 0 Å². The average Bonchev–Trinajstić information content (AvgIpc) is 2.98. The Morgan fingerprint density at radius 1 is 1.32 bits per heavy atom. The van der Waals surface area contributed by atoms with Gasteiger partial charge in [-0.3, -0.25) is 0 Å². The highest BCUT2D eigenvalue weighted by Gasteiger charge is 2.16. The summed E-state index contributed by atoms with van der Waals surface area (Å²) >= 11 is 11.6.